The average Bonchev–Trinajstić information content (AvgIpc) is 2.32. The lowest BCUT2D eigenvalue weighted by molar-refractivity contribution is -0.116. The van der Waals surface area contributed by atoms with Gasteiger partial charge in [-0.25, -0.2) is 13.1 Å². The van der Waals surface area contributed by atoms with E-state index in [9.17, 15) is 13.2 Å². The summed E-state index contributed by atoms with van der Waals surface area (Å²) < 4.78 is 25.7. The number of hydrogen-bond donors (Lipinski definition) is 1. The fourth-order valence-electron chi connectivity index (χ4n) is 2.23. The Bertz CT molecular complexity index is 577. The molecule has 0 aromatic heterocycles. The van der Waals surface area contributed by atoms with Crippen molar-refractivity contribution in [1.82, 2.24) is 4.72 Å². The Morgan fingerprint density at radius 3 is 2.24 bits per heavy atom. The lowest BCUT2D eigenvalue weighted by Gasteiger charge is -2.22. The molecular formula is C15H24N2O3S. The summed E-state index contributed by atoms with van der Waals surface area (Å²) in [5.41, 5.74) is 2.94. The fraction of sp³-hybridized carbons (Fsp3) is 0.533. The third-order valence-electron chi connectivity index (χ3n) is 3.03. The van der Waals surface area contributed by atoms with Crippen LogP contribution in [0.5, 0.6) is 0 Å². The zero-order chi connectivity index (χ0) is 16.0. The molecule has 1 N–H and O–H groups in total. The number of hydrogen-bond acceptors (Lipinski definition) is 3. The first-order chi connectivity index (χ1) is 9.75. The van der Waals surface area contributed by atoms with E-state index >= 15 is 0 Å². The molecule has 1 aromatic carbocycles. The predicted molar refractivity (Wildman–Crippen MR) is 86.0 cm³/mol. The van der Waals surface area contributed by atoms with E-state index in [-0.39, 0.29) is 18.2 Å². The molecule has 0 heterocycles. The average molecular weight is 312 g/mol. The van der Waals surface area contributed by atoms with E-state index < -0.39 is 10.0 Å². The lowest BCUT2D eigenvalue weighted by Crippen LogP contribution is -2.38. The van der Waals surface area contributed by atoms with Crippen LogP contribution in [-0.4, -0.2) is 33.2 Å². The van der Waals surface area contributed by atoms with Crippen molar-refractivity contribution in [3.8, 4) is 0 Å². The van der Waals surface area contributed by atoms with E-state index in [0.717, 1.165) is 16.8 Å². The van der Waals surface area contributed by atoms with Gasteiger partial charge in [0.05, 0.1) is 5.75 Å². The molecule has 5 nitrogen and oxygen atoms in total. The Morgan fingerprint density at radius 1 is 1.19 bits per heavy atom. The summed E-state index contributed by atoms with van der Waals surface area (Å²) in [6.07, 6.45) is 0.572. The Balaban J connectivity index is 2.78. The van der Waals surface area contributed by atoms with Gasteiger partial charge in [-0.2, -0.15) is 0 Å². The summed E-state index contributed by atoms with van der Waals surface area (Å²) in [5.74, 6) is 0.00562. The molecule has 0 spiro atoms. The number of nitrogens with zero attached hydrogens (tertiary/aromatic N) is 1. The third kappa shape index (κ3) is 5.85. The van der Waals surface area contributed by atoms with Crippen LogP contribution in [0, 0.1) is 13.8 Å². The fourth-order valence-corrected chi connectivity index (χ4v) is 3.31. The first-order valence-electron chi connectivity index (χ1n) is 7.09. The highest BCUT2D eigenvalue weighted by atomic mass is 32.2. The van der Waals surface area contributed by atoms with Crippen LogP contribution >= 0.6 is 0 Å². The van der Waals surface area contributed by atoms with Crippen LogP contribution in [0.15, 0.2) is 18.2 Å². The molecule has 21 heavy (non-hydrogen) atoms. The molecule has 6 heteroatoms. The molecule has 0 saturated heterocycles. The molecule has 0 aliphatic heterocycles. The second kappa shape index (κ2) is 7.56. The molecule has 1 rings (SSSR count). The van der Waals surface area contributed by atoms with Crippen LogP contribution in [0.3, 0.4) is 0 Å². The maximum absolute atomic E-state index is 11.8. The maximum Gasteiger partial charge on any atom is 0.223 e. The number of anilines is 1. The van der Waals surface area contributed by atoms with Gasteiger partial charge in [0.15, 0.2) is 0 Å². The first-order valence-corrected chi connectivity index (χ1v) is 8.74. The highest BCUT2D eigenvalue weighted by molar-refractivity contribution is 7.89. The monoisotopic (exact) mass is 312 g/mol. The van der Waals surface area contributed by atoms with E-state index in [1.54, 1.807) is 4.90 Å². The highest BCUT2D eigenvalue weighted by Crippen LogP contribution is 2.18. The number of sulfonamides is 1. The van der Waals surface area contributed by atoms with Crippen LogP contribution in [0.25, 0.3) is 0 Å². The van der Waals surface area contributed by atoms with E-state index in [2.05, 4.69) is 4.72 Å². The minimum atomic E-state index is -3.24. The Kier molecular flexibility index (Phi) is 6.36. The zero-order valence-corrected chi connectivity index (χ0v) is 14.0. The van der Waals surface area contributed by atoms with Gasteiger partial charge in [-0.3, -0.25) is 4.79 Å². The SMILES string of the molecule is CCCS(=O)(=O)NCCN(C(C)=O)c1cc(C)cc(C)c1. The summed E-state index contributed by atoms with van der Waals surface area (Å²) in [4.78, 5) is 13.4. The molecule has 0 saturated carbocycles. The van der Waals surface area contributed by atoms with Gasteiger partial charge in [0.25, 0.3) is 0 Å². The maximum atomic E-state index is 11.8. The van der Waals surface area contributed by atoms with Crippen molar-refractivity contribution in [2.45, 2.75) is 34.1 Å². The molecule has 0 radical (unpaired) electrons. The molecular weight excluding hydrogens is 288 g/mol. The van der Waals surface area contributed by atoms with Crippen molar-refractivity contribution in [2.75, 3.05) is 23.7 Å². The van der Waals surface area contributed by atoms with Crippen LogP contribution in [-0.2, 0) is 14.8 Å². The second-order valence-corrected chi connectivity index (χ2v) is 7.16. The molecule has 0 aliphatic carbocycles. The van der Waals surface area contributed by atoms with Gasteiger partial charge in [-0.15, -0.1) is 0 Å². The van der Waals surface area contributed by atoms with Gasteiger partial charge >= 0.3 is 0 Å². The second-order valence-electron chi connectivity index (χ2n) is 5.23. The van der Waals surface area contributed by atoms with E-state index in [0.29, 0.717) is 13.0 Å². The van der Waals surface area contributed by atoms with E-state index in [1.165, 1.54) is 6.92 Å². The first kappa shape index (κ1) is 17.7. The Morgan fingerprint density at radius 2 is 1.76 bits per heavy atom. The number of nitrogens with one attached hydrogen (secondary N) is 1. The molecule has 0 unspecified atom stereocenters. The van der Waals surface area contributed by atoms with Gasteiger partial charge in [-0.05, 0) is 43.5 Å². The van der Waals surface area contributed by atoms with Crippen molar-refractivity contribution in [3.63, 3.8) is 0 Å². The van der Waals surface area contributed by atoms with Crippen molar-refractivity contribution in [2.24, 2.45) is 0 Å². The smallest absolute Gasteiger partial charge is 0.223 e. The highest BCUT2D eigenvalue weighted by Gasteiger charge is 2.14. The van der Waals surface area contributed by atoms with Crippen LogP contribution in [0.2, 0.25) is 0 Å². The number of amides is 1. The summed E-state index contributed by atoms with van der Waals surface area (Å²) in [7, 11) is -3.24. The largest absolute Gasteiger partial charge is 0.311 e. The van der Waals surface area contributed by atoms with Gasteiger partial charge in [0.1, 0.15) is 0 Å². The molecule has 0 atom stereocenters. The van der Waals surface area contributed by atoms with Crippen molar-refractivity contribution < 1.29 is 13.2 Å². The number of carbonyl (C=O) groups excluding carboxylic acids is 1. The van der Waals surface area contributed by atoms with Crippen LogP contribution < -0.4 is 9.62 Å². The lowest BCUT2D eigenvalue weighted by atomic mass is 10.1. The molecule has 118 valence electrons. The summed E-state index contributed by atoms with van der Waals surface area (Å²) in [5, 5.41) is 0. The predicted octanol–water partition coefficient (Wildman–Crippen LogP) is 1.99. The van der Waals surface area contributed by atoms with Crippen molar-refractivity contribution in [3.05, 3.63) is 29.3 Å². The molecule has 0 bridgehead atoms. The quantitative estimate of drug-likeness (QED) is 0.837. The van der Waals surface area contributed by atoms with E-state index in [4.69, 9.17) is 0 Å². The molecule has 0 aliphatic rings. The molecule has 0 fully saturated rings. The zero-order valence-electron chi connectivity index (χ0n) is 13.1. The van der Waals surface area contributed by atoms with Crippen LogP contribution in [0.1, 0.15) is 31.4 Å². The van der Waals surface area contributed by atoms with Gasteiger partial charge in [0, 0.05) is 25.7 Å². The van der Waals surface area contributed by atoms with Gasteiger partial charge < -0.3 is 4.90 Å². The van der Waals surface area contributed by atoms with Crippen LogP contribution in [0.4, 0.5) is 5.69 Å². The van der Waals surface area contributed by atoms with Gasteiger partial charge in [0.2, 0.25) is 15.9 Å². The Labute approximate surface area is 127 Å². The molecule has 1 amide bonds. The minimum absolute atomic E-state index is 0.102. The standard InChI is InChI=1S/C15H24N2O3S/c1-5-8-21(19,20)16-6-7-17(14(4)18)15-10-12(2)9-13(3)11-15/h9-11,16H,5-8H2,1-4H3. The summed E-state index contributed by atoms with van der Waals surface area (Å²) in [6.45, 7) is 7.78. The number of rotatable bonds is 7. The Hall–Kier alpha value is -1.40. The van der Waals surface area contributed by atoms with Gasteiger partial charge in [-0.1, -0.05) is 13.0 Å². The van der Waals surface area contributed by atoms with E-state index in [1.807, 2.05) is 39.0 Å². The topological polar surface area (TPSA) is 66.5 Å². The third-order valence-corrected chi connectivity index (χ3v) is 4.62. The van der Waals surface area contributed by atoms with Crippen molar-refractivity contribution >= 4 is 21.6 Å². The normalized spacial score (nSPS) is 11.4. The minimum Gasteiger partial charge on any atom is -0.311 e. The number of carbonyl (C=O) groups is 1. The number of aryl methyl sites for hydroxylation is 2. The van der Waals surface area contributed by atoms with Crippen molar-refractivity contribution in [1.29, 1.82) is 0 Å². The summed E-state index contributed by atoms with van der Waals surface area (Å²) in [6, 6.07) is 5.88. The summed E-state index contributed by atoms with van der Waals surface area (Å²) >= 11 is 0. The molecule has 1 aromatic rings. The number of benzene rings is 1.